The number of fused-ring (bicyclic) bond motifs is 1. The van der Waals surface area contributed by atoms with Gasteiger partial charge < -0.3 is 19.9 Å². The lowest BCUT2D eigenvalue weighted by atomic mass is 10.1. The molecule has 1 heterocycles. The number of hydrogen-bond donors (Lipinski definition) is 2. The minimum atomic E-state index is -0.201. The quantitative estimate of drug-likeness (QED) is 0.467. The molecule has 0 fully saturated rings. The first-order valence-electron chi connectivity index (χ1n) is 10.3. The number of aromatic nitrogens is 2. The molecular weight excluding hydrogens is 404 g/mol. The van der Waals surface area contributed by atoms with Crippen molar-refractivity contribution in [3.63, 3.8) is 0 Å². The van der Waals surface area contributed by atoms with E-state index in [-0.39, 0.29) is 24.9 Å². The molecule has 3 aromatic carbocycles. The van der Waals surface area contributed by atoms with Crippen molar-refractivity contribution in [2.75, 3.05) is 12.4 Å². The van der Waals surface area contributed by atoms with E-state index >= 15 is 0 Å². The van der Waals surface area contributed by atoms with Crippen molar-refractivity contribution in [3.8, 4) is 5.75 Å². The minimum absolute atomic E-state index is 0.0630. The van der Waals surface area contributed by atoms with E-state index in [4.69, 9.17) is 4.74 Å². The number of para-hydroxylation sites is 2. The van der Waals surface area contributed by atoms with Gasteiger partial charge in [-0.05, 0) is 43.3 Å². The third kappa shape index (κ3) is 4.78. The molecule has 0 unspecified atom stereocenters. The van der Waals surface area contributed by atoms with Gasteiger partial charge in [0.25, 0.3) is 5.91 Å². The highest BCUT2D eigenvalue weighted by atomic mass is 16.5. The molecule has 0 bridgehead atoms. The second kappa shape index (κ2) is 9.34. The predicted molar refractivity (Wildman–Crippen MR) is 124 cm³/mol. The average Bonchev–Trinajstić information content (AvgIpc) is 3.15. The molecule has 7 heteroatoms. The van der Waals surface area contributed by atoms with Crippen molar-refractivity contribution in [1.82, 2.24) is 14.9 Å². The Morgan fingerprint density at radius 3 is 2.56 bits per heavy atom. The topological polar surface area (TPSA) is 85.2 Å². The van der Waals surface area contributed by atoms with E-state index in [1.54, 1.807) is 31.4 Å². The standard InChI is InChI=1S/C25H24N4O3/c1-17-10-12-18(13-11-17)25(31)26-15-23-28-21-8-3-4-9-22(21)29(23)16-24(30)27-19-6-5-7-20(14-19)32-2/h3-14H,15-16H2,1-2H3,(H,26,31)(H,27,30). The molecule has 2 amide bonds. The van der Waals surface area contributed by atoms with Crippen molar-refractivity contribution in [1.29, 1.82) is 0 Å². The van der Waals surface area contributed by atoms with Gasteiger partial charge in [-0.1, -0.05) is 35.9 Å². The molecule has 0 radical (unpaired) electrons. The van der Waals surface area contributed by atoms with Crippen LogP contribution in [0.3, 0.4) is 0 Å². The SMILES string of the molecule is COc1cccc(NC(=O)Cn2c(CNC(=O)c3ccc(C)cc3)nc3ccccc32)c1. The maximum Gasteiger partial charge on any atom is 0.251 e. The van der Waals surface area contributed by atoms with Crippen molar-refractivity contribution in [3.05, 3.63) is 89.7 Å². The smallest absolute Gasteiger partial charge is 0.251 e. The summed E-state index contributed by atoms with van der Waals surface area (Å²) in [6.07, 6.45) is 0. The zero-order chi connectivity index (χ0) is 22.5. The van der Waals surface area contributed by atoms with Gasteiger partial charge in [0, 0.05) is 17.3 Å². The van der Waals surface area contributed by atoms with E-state index in [0.29, 0.717) is 22.8 Å². The van der Waals surface area contributed by atoms with Gasteiger partial charge in [0.15, 0.2) is 0 Å². The summed E-state index contributed by atoms with van der Waals surface area (Å²) in [6.45, 7) is 2.24. The number of hydrogen-bond acceptors (Lipinski definition) is 4. The summed E-state index contributed by atoms with van der Waals surface area (Å²) in [7, 11) is 1.58. The Morgan fingerprint density at radius 2 is 1.78 bits per heavy atom. The van der Waals surface area contributed by atoms with E-state index in [0.717, 1.165) is 16.6 Å². The number of nitrogens with one attached hydrogen (secondary N) is 2. The first-order valence-corrected chi connectivity index (χ1v) is 10.3. The highest BCUT2D eigenvalue weighted by Crippen LogP contribution is 2.19. The second-order valence-corrected chi connectivity index (χ2v) is 7.43. The van der Waals surface area contributed by atoms with E-state index < -0.39 is 0 Å². The molecule has 0 aliphatic carbocycles. The number of carbonyl (C=O) groups is 2. The zero-order valence-electron chi connectivity index (χ0n) is 18.0. The van der Waals surface area contributed by atoms with E-state index in [9.17, 15) is 9.59 Å². The zero-order valence-corrected chi connectivity index (χ0v) is 18.0. The first kappa shape index (κ1) is 21.1. The Kier molecular flexibility index (Phi) is 6.17. The summed E-state index contributed by atoms with van der Waals surface area (Å²) in [6, 6.07) is 22.1. The highest BCUT2D eigenvalue weighted by Gasteiger charge is 2.15. The summed E-state index contributed by atoms with van der Waals surface area (Å²) in [5, 5.41) is 5.79. The predicted octanol–water partition coefficient (Wildman–Crippen LogP) is 3.92. The fraction of sp³-hybridized carbons (Fsp3) is 0.160. The molecule has 0 aliphatic heterocycles. The van der Waals surface area contributed by atoms with Gasteiger partial charge >= 0.3 is 0 Å². The van der Waals surface area contributed by atoms with Crippen LogP contribution >= 0.6 is 0 Å². The molecule has 0 spiro atoms. The fourth-order valence-corrected chi connectivity index (χ4v) is 3.45. The maximum atomic E-state index is 12.8. The Morgan fingerprint density at radius 1 is 1.00 bits per heavy atom. The number of aryl methyl sites for hydroxylation is 1. The van der Waals surface area contributed by atoms with Crippen LogP contribution in [0, 0.1) is 6.92 Å². The normalized spacial score (nSPS) is 10.7. The van der Waals surface area contributed by atoms with E-state index in [2.05, 4.69) is 15.6 Å². The summed E-state index contributed by atoms with van der Waals surface area (Å²) in [4.78, 5) is 29.9. The molecule has 7 nitrogen and oxygen atoms in total. The molecule has 0 atom stereocenters. The maximum absolute atomic E-state index is 12.8. The molecule has 2 N–H and O–H groups in total. The number of ether oxygens (including phenoxy) is 1. The number of nitrogens with zero attached hydrogens (tertiary/aromatic N) is 2. The molecule has 4 aromatic rings. The number of amides is 2. The van der Waals surface area contributed by atoms with Gasteiger partial charge in [-0.3, -0.25) is 9.59 Å². The van der Waals surface area contributed by atoms with E-state index in [1.165, 1.54) is 0 Å². The van der Waals surface area contributed by atoms with Crippen LogP contribution in [0.2, 0.25) is 0 Å². The number of imidazole rings is 1. The largest absolute Gasteiger partial charge is 0.497 e. The second-order valence-electron chi connectivity index (χ2n) is 7.43. The van der Waals surface area contributed by atoms with Gasteiger partial charge in [0.1, 0.15) is 18.1 Å². The monoisotopic (exact) mass is 428 g/mol. The Bertz CT molecular complexity index is 1260. The number of anilines is 1. The Hall–Kier alpha value is -4.13. The van der Waals surface area contributed by atoms with Gasteiger partial charge in [-0.15, -0.1) is 0 Å². The first-order chi connectivity index (χ1) is 15.5. The third-order valence-electron chi connectivity index (χ3n) is 5.11. The van der Waals surface area contributed by atoms with Crippen molar-refractivity contribution < 1.29 is 14.3 Å². The van der Waals surface area contributed by atoms with Crippen LogP contribution < -0.4 is 15.4 Å². The molecule has 0 saturated heterocycles. The summed E-state index contributed by atoms with van der Waals surface area (Å²) in [5.41, 5.74) is 3.90. The molecule has 0 aliphatic rings. The molecule has 4 rings (SSSR count). The highest BCUT2D eigenvalue weighted by molar-refractivity contribution is 5.94. The molecular formula is C25H24N4O3. The number of methoxy groups -OCH3 is 1. The van der Waals surface area contributed by atoms with Gasteiger partial charge in [0.05, 0.1) is 24.7 Å². The number of carbonyl (C=O) groups excluding carboxylic acids is 2. The van der Waals surface area contributed by atoms with Crippen LogP contribution in [0.5, 0.6) is 5.75 Å². The lowest BCUT2D eigenvalue weighted by Gasteiger charge is -2.11. The van der Waals surface area contributed by atoms with Gasteiger partial charge in [-0.25, -0.2) is 4.98 Å². The third-order valence-corrected chi connectivity index (χ3v) is 5.11. The van der Waals surface area contributed by atoms with Gasteiger partial charge in [0.2, 0.25) is 5.91 Å². The minimum Gasteiger partial charge on any atom is -0.497 e. The van der Waals surface area contributed by atoms with Crippen LogP contribution in [0.4, 0.5) is 5.69 Å². The molecule has 1 aromatic heterocycles. The molecule has 162 valence electrons. The van der Waals surface area contributed by atoms with Crippen molar-refractivity contribution in [2.45, 2.75) is 20.0 Å². The number of benzene rings is 3. The van der Waals surface area contributed by atoms with Crippen LogP contribution in [-0.4, -0.2) is 28.5 Å². The lowest BCUT2D eigenvalue weighted by molar-refractivity contribution is -0.116. The summed E-state index contributed by atoms with van der Waals surface area (Å²) >= 11 is 0. The number of rotatable bonds is 7. The fourth-order valence-electron chi connectivity index (χ4n) is 3.45. The Labute approximate surface area is 186 Å². The summed E-state index contributed by atoms with van der Waals surface area (Å²) < 4.78 is 7.03. The van der Waals surface area contributed by atoms with E-state index in [1.807, 2.05) is 60.0 Å². The van der Waals surface area contributed by atoms with Crippen LogP contribution in [0.15, 0.2) is 72.8 Å². The van der Waals surface area contributed by atoms with Gasteiger partial charge in [-0.2, -0.15) is 0 Å². The Balaban J connectivity index is 1.52. The van der Waals surface area contributed by atoms with Crippen molar-refractivity contribution >= 4 is 28.5 Å². The van der Waals surface area contributed by atoms with Crippen LogP contribution in [0.25, 0.3) is 11.0 Å². The molecule has 32 heavy (non-hydrogen) atoms. The van der Waals surface area contributed by atoms with Crippen LogP contribution in [-0.2, 0) is 17.9 Å². The van der Waals surface area contributed by atoms with Crippen LogP contribution in [0.1, 0.15) is 21.7 Å². The lowest BCUT2D eigenvalue weighted by Crippen LogP contribution is -2.26. The van der Waals surface area contributed by atoms with Crippen molar-refractivity contribution in [2.24, 2.45) is 0 Å². The molecule has 0 saturated carbocycles. The summed E-state index contributed by atoms with van der Waals surface area (Å²) in [5.74, 6) is 0.875. The average molecular weight is 428 g/mol.